The van der Waals surface area contributed by atoms with Crippen molar-refractivity contribution >= 4 is 50.3 Å². The molecule has 0 spiro atoms. The van der Waals surface area contributed by atoms with Crippen LogP contribution in [0.15, 0.2) is 42.5 Å². The minimum Gasteiger partial charge on any atom is -0.378 e. The van der Waals surface area contributed by atoms with E-state index in [2.05, 4.69) is 15.6 Å². The van der Waals surface area contributed by atoms with Gasteiger partial charge in [-0.2, -0.15) is 0 Å². The average Bonchev–Trinajstić information content (AvgIpc) is 3.35. The number of nitrogens with two attached hydrogens (primary N) is 1. The highest BCUT2D eigenvalue weighted by Gasteiger charge is 2.26. The number of benzene rings is 2. The largest absolute Gasteiger partial charge is 0.378 e. The molecule has 3 aromatic rings. The van der Waals surface area contributed by atoms with Crippen LogP contribution < -0.4 is 15.8 Å². The molecule has 12 heteroatoms. The van der Waals surface area contributed by atoms with Crippen molar-refractivity contribution in [2.24, 2.45) is 5.14 Å². The van der Waals surface area contributed by atoms with Crippen molar-refractivity contribution in [2.45, 2.75) is 25.8 Å². The third-order valence-corrected chi connectivity index (χ3v) is 7.75. The van der Waals surface area contributed by atoms with Crippen molar-refractivity contribution in [1.82, 2.24) is 20.5 Å². The molecule has 2 aromatic carbocycles. The van der Waals surface area contributed by atoms with E-state index >= 15 is 0 Å². The Kier molecular flexibility index (Phi) is 9.56. The Labute approximate surface area is 227 Å². The number of morpholine rings is 1. The second-order valence-electron chi connectivity index (χ2n) is 8.84. The smallest absolute Gasteiger partial charge is 0.254 e. The van der Waals surface area contributed by atoms with Crippen LogP contribution in [-0.2, 0) is 25.3 Å². The summed E-state index contributed by atoms with van der Waals surface area (Å²) in [4.78, 5) is 44.4. The van der Waals surface area contributed by atoms with Gasteiger partial charge in [-0.05, 0) is 41.8 Å². The summed E-state index contributed by atoms with van der Waals surface area (Å²) in [7, 11) is -1.53. The number of nitrogens with zero attached hydrogens (tertiary/aromatic N) is 2. The molecule has 4 N–H and O–H groups in total. The molecule has 10 nitrogen and oxygen atoms in total. The molecule has 1 aliphatic heterocycles. The van der Waals surface area contributed by atoms with Crippen molar-refractivity contribution < 1.29 is 23.3 Å². The minimum absolute atomic E-state index is 0.00505. The molecular formula is C26H31N5O5S2. The summed E-state index contributed by atoms with van der Waals surface area (Å²) in [5.74, 6) is -0.572. The van der Waals surface area contributed by atoms with E-state index in [0.29, 0.717) is 48.8 Å². The fourth-order valence-corrected chi connectivity index (χ4v) is 5.44. The van der Waals surface area contributed by atoms with Gasteiger partial charge in [-0.1, -0.05) is 25.1 Å². The first-order valence-corrected chi connectivity index (χ1v) is 14.6. The predicted octanol–water partition coefficient (Wildman–Crippen LogP) is 2.13. The lowest BCUT2D eigenvalue weighted by Gasteiger charge is -2.26. The van der Waals surface area contributed by atoms with Gasteiger partial charge in [0.1, 0.15) is 5.01 Å². The van der Waals surface area contributed by atoms with Crippen LogP contribution in [0.5, 0.6) is 0 Å². The predicted molar refractivity (Wildman–Crippen MR) is 148 cm³/mol. The average molecular weight is 558 g/mol. The van der Waals surface area contributed by atoms with Crippen LogP contribution in [-0.4, -0.2) is 70.4 Å². The second kappa shape index (κ2) is 13.1. The molecule has 4 rings (SSSR count). The van der Waals surface area contributed by atoms with Crippen LogP contribution in [0.2, 0.25) is 0 Å². The summed E-state index contributed by atoms with van der Waals surface area (Å²) in [5.41, 5.74) is 3.23. The molecule has 2 atom stereocenters. The molecule has 0 radical (unpaired) electrons. The number of nitrogens with one attached hydrogen (secondary N) is 2. The summed E-state index contributed by atoms with van der Waals surface area (Å²) in [6.07, 6.45) is 0.933. The summed E-state index contributed by atoms with van der Waals surface area (Å²) in [6.45, 7) is 4.31. The lowest BCUT2D eigenvalue weighted by atomic mass is 10.0. The van der Waals surface area contributed by atoms with E-state index in [9.17, 15) is 18.6 Å². The van der Waals surface area contributed by atoms with E-state index in [0.717, 1.165) is 15.8 Å². The number of carbonyl (C=O) groups is 3. The molecule has 3 amide bonds. The zero-order valence-electron chi connectivity index (χ0n) is 21.1. The Hall–Kier alpha value is -3.19. The topological polar surface area (TPSA) is 144 Å². The van der Waals surface area contributed by atoms with Crippen LogP contribution in [0.4, 0.5) is 0 Å². The summed E-state index contributed by atoms with van der Waals surface area (Å²) in [6, 6.07) is 12.3. The number of rotatable bonds is 10. The Balaban J connectivity index is 1.54. The first-order chi connectivity index (χ1) is 18.4. The van der Waals surface area contributed by atoms with Crippen LogP contribution in [0.3, 0.4) is 0 Å². The highest BCUT2D eigenvalue weighted by Crippen LogP contribution is 2.31. The Morgan fingerprint density at radius 1 is 1.13 bits per heavy atom. The molecule has 1 aliphatic rings. The third-order valence-electron chi connectivity index (χ3n) is 6.06. The second-order valence-corrected chi connectivity index (χ2v) is 11.1. The molecule has 2 unspecified atom stereocenters. The molecule has 1 aromatic heterocycles. The maximum absolute atomic E-state index is 12.9. The number of ether oxygens (including phenoxy) is 1. The van der Waals surface area contributed by atoms with Gasteiger partial charge < -0.3 is 20.3 Å². The minimum atomic E-state index is -1.53. The van der Waals surface area contributed by atoms with Gasteiger partial charge in [0, 0.05) is 31.6 Å². The van der Waals surface area contributed by atoms with Crippen molar-refractivity contribution in [1.29, 1.82) is 0 Å². The van der Waals surface area contributed by atoms with Gasteiger partial charge in [-0.3, -0.25) is 19.5 Å². The highest BCUT2D eigenvalue weighted by atomic mass is 32.2. The van der Waals surface area contributed by atoms with E-state index in [4.69, 9.17) is 9.88 Å². The lowest BCUT2D eigenvalue weighted by Crippen LogP contribution is -2.41. The Bertz CT molecular complexity index is 1320. The van der Waals surface area contributed by atoms with Crippen molar-refractivity contribution in [3.05, 3.63) is 53.0 Å². The third kappa shape index (κ3) is 7.01. The van der Waals surface area contributed by atoms with E-state index in [1.165, 1.54) is 11.3 Å². The van der Waals surface area contributed by atoms with Gasteiger partial charge in [-0.25, -0.2) is 9.19 Å². The fourth-order valence-electron chi connectivity index (χ4n) is 4.08. The van der Waals surface area contributed by atoms with Crippen LogP contribution in [0, 0.1) is 0 Å². The van der Waals surface area contributed by atoms with Crippen LogP contribution in [0.1, 0.15) is 41.2 Å². The lowest BCUT2D eigenvalue weighted by molar-refractivity contribution is -0.129. The summed E-state index contributed by atoms with van der Waals surface area (Å²) >= 11 is 1.33. The maximum Gasteiger partial charge on any atom is 0.254 e. The van der Waals surface area contributed by atoms with Gasteiger partial charge >= 0.3 is 0 Å². The zero-order valence-corrected chi connectivity index (χ0v) is 22.7. The number of carbonyl (C=O) groups excluding carboxylic acids is 3. The standard InChI is InChI=1S/C26H31N5O5S2/c1-2-3-22(32)30-23(24(33)28-10-15-38(27)35)25-29-20-9-8-19(16-21(20)37-25)17-4-6-18(7-5-17)26(34)31-11-13-36-14-12-31/h4-9,16,23H,2-3,10-15,27H2,1H3,(H,28,33)(H,30,32). The Morgan fingerprint density at radius 2 is 1.84 bits per heavy atom. The number of aromatic nitrogens is 1. The van der Waals surface area contributed by atoms with E-state index in [-0.39, 0.29) is 30.5 Å². The maximum atomic E-state index is 12.9. The first kappa shape index (κ1) is 27.8. The van der Waals surface area contributed by atoms with Gasteiger partial charge in [0.05, 0.1) is 40.2 Å². The van der Waals surface area contributed by atoms with Crippen molar-refractivity contribution in [2.75, 3.05) is 38.6 Å². The van der Waals surface area contributed by atoms with Crippen LogP contribution in [0.25, 0.3) is 21.3 Å². The quantitative estimate of drug-likeness (QED) is 0.348. The van der Waals surface area contributed by atoms with Crippen molar-refractivity contribution in [3.8, 4) is 11.1 Å². The number of fused-ring (bicyclic) bond motifs is 1. The Morgan fingerprint density at radius 3 is 2.53 bits per heavy atom. The molecule has 0 aliphatic carbocycles. The van der Waals surface area contributed by atoms with Crippen molar-refractivity contribution in [3.63, 3.8) is 0 Å². The molecule has 1 fully saturated rings. The highest BCUT2D eigenvalue weighted by molar-refractivity contribution is 7.82. The molecule has 202 valence electrons. The number of hydrogen-bond donors (Lipinski definition) is 3. The van der Waals surface area contributed by atoms with Gasteiger partial charge in [0.25, 0.3) is 5.91 Å². The summed E-state index contributed by atoms with van der Waals surface area (Å²) in [5, 5.41) is 11.2. The van der Waals surface area contributed by atoms with Gasteiger partial charge in [0.2, 0.25) is 11.8 Å². The van der Waals surface area contributed by atoms with E-state index in [1.807, 2.05) is 49.4 Å². The van der Waals surface area contributed by atoms with Gasteiger partial charge in [-0.15, -0.1) is 11.3 Å². The molecule has 38 heavy (non-hydrogen) atoms. The van der Waals surface area contributed by atoms with Crippen LogP contribution >= 0.6 is 11.3 Å². The number of thiazole rings is 1. The molecular weight excluding hydrogens is 526 g/mol. The summed E-state index contributed by atoms with van der Waals surface area (Å²) < 4.78 is 17.3. The normalized spacial score (nSPS) is 15.2. The number of amides is 3. The monoisotopic (exact) mass is 557 g/mol. The molecule has 0 saturated carbocycles. The molecule has 0 bridgehead atoms. The van der Waals surface area contributed by atoms with Gasteiger partial charge in [0.15, 0.2) is 6.04 Å². The first-order valence-electron chi connectivity index (χ1n) is 12.4. The molecule has 1 saturated heterocycles. The molecule has 2 heterocycles. The number of hydrogen-bond acceptors (Lipinski definition) is 7. The fraction of sp³-hybridized carbons (Fsp3) is 0.385. The van der Waals surface area contributed by atoms with E-state index in [1.54, 1.807) is 4.90 Å². The van der Waals surface area contributed by atoms with E-state index < -0.39 is 22.9 Å². The SMILES string of the molecule is CCCC(=O)NC(C(=O)NCCS(N)=O)c1nc2ccc(-c3ccc(C(=O)N4CCOCC4)cc3)cc2s1. The zero-order chi connectivity index (χ0) is 27.1.